The summed E-state index contributed by atoms with van der Waals surface area (Å²) >= 11 is 0. The molecular formula is C13H18N4. The van der Waals surface area contributed by atoms with Crippen molar-refractivity contribution in [3.8, 4) is 6.07 Å². The zero-order chi connectivity index (χ0) is 12.1. The van der Waals surface area contributed by atoms with Crippen molar-refractivity contribution in [1.29, 1.82) is 5.26 Å². The summed E-state index contributed by atoms with van der Waals surface area (Å²) in [5, 5.41) is 17.1. The van der Waals surface area contributed by atoms with E-state index < -0.39 is 0 Å². The fraction of sp³-hybridized carbons (Fsp3) is 0.615. The zero-order valence-electron chi connectivity index (χ0n) is 10.3. The van der Waals surface area contributed by atoms with Gasteiger partial charge in [0.2, 0.25) is 0 Å². The highest BCUT2D eigenvalue weighted by atomic mass is 15.2. The first kappa shape index (κ1) is 11.8. The summed E-state index contributed by atoms with van der Waals surface area (Å²) < 4.78 is 0. The molecule has 17 heavy (non-hydrogen) atoms. The molecule has 0 radical (unpaired) electrons. The predicted molar refractivity (Wildman–Crippen MR) is 66.7 cm³/mol. The third-order valence-corrected chi connectivity index (χ3v) is 3.39. The van der Waals surface area contributed by atoms with Crippen LogP contribution in [0.3, 0.4) is 0 Å². The minimum atomic E-state index is 0.516. The lowest BCUT2D eigenvalue weighted by Crippen LogP contribution is -2.20. The Kier molecular flexibility index (Phi) is 3.92. The smallest absolute Gasteiger partial charge is 0.151 e. The third kappa shape index (κ3) is 2.94. The predicted octanol–water partition coefficient (Wildman–Crippen LogP) is 2.48. The molecule has 0 saturated heterocycles. The van der Waals surface area contributed by atoms with Gasteiger partial charge >= 0.3 is 0 Å². The molecule has 90 valence electrons. The number of hydrogen-bond acceptors (Lipinski definition) is 4. The van der Waals surface area contributed by atoms with E-state index in [1.54, 1.807) is 0 Å². The van der Waals surface area contributed by atoms with E-state index in [0.29, 0.717) is 18.9 Å². The van der Waals surface area contributed by atoms with Crippen molar-refractivity contribution >= 4 is 5.82 Å². The van der Waals surface area contributed by atoms with Gasteiger partial charge in [-0.05, 0) is 25.0 Å². The molecular weight excluding hydrogens is 212 g/mol. The fourth-order valence-corrected chi connectivity index (χ4v) is 2.31. The van der Waals surface area contributed by atoms with E-state index in [0.717, 1.165) is 11.5 Å². The molecule has 0 aromatic carbocycles. The minimum absolute atomic E-state index is 0.516. The molecule has 1 heterocycles. The molecule has 0 aliphatic heterocycles. The normalized spacial score (nSPS) is 15.8. The second kappa shape index (κ2) is 5.62. The molecule has 4 heteroatoms. The molecule has 1 aromatic heterocycles. The highest BCUT2D eigenvalue weighted by Crippen LogP contribution is 2.32. The SMILES string of the molecule is CN(CCC#N)c1ccc(C2CCCC2)nn1. The lowest BCUT2D eigenvalue weighted by Gasteiger charge is -2.16. The molecule has 0 N–H and O–H groups in total. The summed E-state index contributed by atoms with van der Waals surface area (Å²) in [4.78, 5) is 1.97. The van der Waals surface area contributed by atoms with Crippen LogP contribution in [0.25, 0.3) is 0 Å². The maximum absolute atomic E-state index is 8.54. The molecule has 0 spiro atoms. The lowest BCUT2D eigenvalue weighted by atomic mass is 10.0. The maximum Gasteiger partial charge on any atom is 0.151 e. The molecule has 0 amide bonds. The summed E-state index contributed by atoms with van der Waals surface area (Å²) in [7, 11) is 1.94. The van der Waals surface area contributed by atoms with Crippen LogP contribution in [0.4, 0.5) is 5.82 Å². The van der Waals surface area contributed by atoms with Crippen molar-refractivity contribution in [2.45, 2.75) is 38.0 Å². The molecule has 4 nitrogen and oxygen atoms in total. The van der Waals surface area contributed by atoms with Crippen LogP contribution in [0, 0.1) is 11.3 Å². The first-order chi connectivity index (χ1) is 8.31. The van der Waals surface area contributed by atoms with Gasteiger partial charge < -0.3 is 4.90 Å². The van der Waals surface area contributed by atoms with E-state index in [4.69, 9.17) is 5.26 Å². The number of anilines is 1. The summed E-state index contributed by atoms with van der Waals surface area (Å²) in [6, 6.07) is 6.23. The topological polar surface area (TPSA) is 52.8 Å². The second-order valence-electron chi connectivity index (χ2n) is 4.63. The van der Waals surface area contributed by atoms with Gasteiger partial charge in [0.05, 0.1) is 18.2 Å². The van der Waals surface area contributed by atoms with E-state index >= 15 is 0 Å². The van der Waals surface area contributed by atoms with E-state index in [2.05, 4.69) is 22.3 Å². The monoisotopic (exact) mass is 230 g/mol. The molecule has 1 fully saturated rings. The Labute approximate surface area is 102 Å². The van der Waals surface area contributed by atoms with Crippen LogP contribution in [0.2, 0.25) is 0 Å². The highest BCUT2D eigenvalue weighted by molar-refractivity contribution is 5.36. The van der Waals surface area contributed by atoms with E-state index in [1.807, 2.05) is 18.0 Å². The second-order valence-corrected chi connectivity index (χ2v) is 4.63. The van der Waals surface area contributed by atoms with Crippen molar-refractivity contribution in [3.05, 3.63) is 17.8 Å². The highest BCUT2D eigenvalue weighted by Gasteiger charge is 2.18. The third-order valence-electron chi connectivity index (χ3n) is 3.39. The Morgan fingerprint density at radius 1 is 1.35 bits per heavy atom. The van der Waals surface area contributed by atoms with Crippen LogP contribution in [0.15, 0.2) is 12.1 Å². The largest absolute Gasteiger partial charge is 0.357 e. The molecule has 1 aliphatic carbocycles. The van der Waals surface area contributed by atoms with Gasteiger partial charge in [-0.1, -0.05) is 12.8 Å². The Hall–Kier alpha value is -1.63. The molecule has 1 aromatic rings. The maximum atomic E-state index is 8.54. The quantitative estimate of drug-likeness (QED) is 0.797. The van der Waals surface area contributed by atoms with E-state index in [9.17, 15) is 0 Å². The van der Waals surface area contributed by atoms with Gasteiger partial charge in [0.25, 0.3) is 0 Å². The molecule has 0 unspecified atom stereocenters. The van der Waals surface area contributed by atoms with Crippen LogP contribution < -0.4 is 4.90 Å². The molecule has 0 bridgehead atoms. The first-order valence-electron chi connectivity index (χ1n) is 6.23. The minimum Gasteiger partial charge on any atom is -0.357 e. The Morgan fingerprint density at radius 3 is 2.71 bits per heavy atom. The number of aromatic nitrogens is 2. The standard InChI is InChI=1S/C13H18N4/c1-17(10-4-9-14)13-8-7-12(15-16-13)11-5-2-3-6-11/h7-8,11H,2-6,10H2,1H3. The van der Waals surface area contributed by atoms with Gasteiger partial charge in [0.1, 0.15) is 0 Å². The van der Waals surface area contributed by atoms with Gasteiger partial charge in [-0.15, -0.1) is 5.10 Å². The number of nitrogens with zero attached hydrogens (tertiary/aromatic N) is 4. The van der Waals surface area contributed by atoms with Crippen molar-refractivity contribution in [1.82, 2.24) is 10.2 Å². The Morgan fingerprint density at radius 2 is 2.12 bits per heavy atom. The molecule has 1 saturated carbocycles. The average molecular weight is 230 g/mol. The molecule has 2 rings (SSSR count). The number of rotatable bonds is 4. The van der Waals surface area contributed by atoms with Gasteiger partial charge in [-0.2, -0.15) is 10.4 Å². The summed E-state index contributed by atoms with van der Waals surface area (Å²) in [5.74, 6) is 1.46. The summed E-state index contributed by atoms with van der Waals surface area (Å²) in [6.45, 7) is 0.702. The Balaban J connectivity index is 1.99. The van der Waals surface area contributed by atoms with E-state index in [-0.39, 0.29) is 0 Å². The summed E-state index contributed by atoms with van der Waals surface area (Å²) in [6.07, 6.45) is 5.64. The van der Waals surface area contributed by atoms with Crippen LogP contribution >= 0.6 is 0 Å². The zero-order valence-corrected chi connectivity index (χ0v) is 10.3. The molecule has 1 aliphatic rings. The van der Waals surface area contributed by atoms with Crippen molar-refractivity contribution in [2.24, 2.45) is 0 Å². The Bertz CT molecular complexity index is 387. The number of nitriles is 1. The lowest BCUT2D eigenvalue weighted by molar-refractivity contribution is 0.678. The first-order valence-corrected chi connectivity index (χ1v) is 6.23. The van der Waals surface area contributed by atoms with Crippen LogP contribution in [0.1, 0.15) is 43.7 Å². The van der Waals surface area contributed by atoms with Crippen LogP contribution in [-0.4, -0.2) is 23.8 Å². The van der Waals surface area contributed by atoms with Crippen molar-refractivity contribution in [2.75, 3.05) is 18.5 Å². The van der Waals surface area contributed by atoms with Gasteiger partial charge in [0.15, 0.2) is 5.82 Å². The average Bonchev–Trinajstić information content (AvgIpc) is 2.90. The van der Waals surface area contributed by atoms with Gasteiger partial charge in [0, 0.05) is 19.5 Å². The van der Waals surface area contributed by atoms with E-state index in [1.165, 1.54) is 25.7 Å². The van der Waals surface area contributed by atoms with Crippen LogP contribution in [-0.2, 0) is 0 Å². The van der Waals surface area contributed by atoms with Gasteiger partial charge in [-0.25, -0.2) is 0 Å². The van der Waals surface area contributed by atoms with Crippen molar-refractivity contribution < 1.29 is 0 Å². The fourth-order valence-electron chi connectivity index (χ4n) is 2.31. The molecule has 0 atom stereocenters. The number of hydrogen-bond donors (Lipinski definition) is 0. The van der Waals surface area contributed by atoms with Crippen molar-refractivity contribution in [3.63, 3.8) is 0 Å². The summed E-state index contributed by atoms with van der Waals surface area (Å²) in [5.41, 5.74) is 1.12. The van der Waals surface area contributed by atoms with Gasteiger partial charge in [-0.3, -0.25) is 0 Å². The van der Waals surface area contributed by atoms with Crippen LogP contribution in [0.5, 0.6) is 0 Å².